The van der Waals surface area contributed by atoms with E-state index in [-0.39, 0.29) is 0 Å². The third-order valence-corrected chi connectivity index (χ3v) is 7.47. The first-order valence-corrected chi connectivity index (χ1v) is 11.6. The molecule has 1 aromatic carbocycles. The van der Waals surface area contributed by atoms with Crippen LogP contribution in [0.1, 0.15) is 19.4 Å². The van der Waals surface area contributed by atoms with Gasteiger partial charge in [0, 0.05) is 44.2 Å². The first kappa shape index (κ1) is 21.5. The normalized spacial score (nSPS) is 23.4. The Morgan fingerprint density at radius 3 is 2.52 bits per heavy atom. The van der Waals surface area contributed by atoms with Crippen LogP contribution in [0.2, 0.25) is 0 Å². The summed E-state index contributed by atoms with van der Waals surface area (Å²) in [6.45, 7) is 10.2. The number of allylic oxidation sites excluding steroid dienone is 1. The lowest BCUT2D eigenvalue weighted by atomic mass is 9.97. The smallest absolute Gasteiger partial charge is 0.186 e. The molecular formula is C23H27N5O2S. The number of fused-ring (bicyclic) bond motifs is 1. The number of ether oxygens (including phenoxy) is 2. The van der Waals surface area contributed by atoms with Crippen molar-refractivity contribution in [3.8, 4) is 23.6 Å². The Bertz CT molecular complexity index is 985. The van der Waals surface area contributed by atoms with E-state index in [2.05, 4.69) is 26.9 Å². The molecule has 1 saturated heterocycles. The van der Waals surface area contributed by atoms with Crippen LogP contribution in [0, 0.1) is 22.7 Å². The fraction of sp³-hybridized carbons (Fsp3) is 0.522. The summed E-state index contributed by atoms with van der Waals surface area (Å²) < 4.78 is 11.1. The molecule has 1 unspecified atom stereocenters. The first-order chi connectivity index (χ1) is 15.1. The number of hydrogen-bond donors (Lipinski definition) is 0. The maximum Gasteiger partial charge on any atom is 0.186 e. The van der Waals surface area contributed by atoms with E-state index in [9.17, 15) is 10.5 Å². The lowest BCUT2D eigenvalue weighted by molar-refractivity contribution is 0.171. The Kier molecular flexibility index (Phi) is 6.41. The number of nitrogens with zero attached hydrogens (tertiary/aromatic N) is 5. The van der Waals surface area contributed by atoms with E-state index >= 15 is 0 Å². The van der Waals surface area contributed by atoms with E-state index in [1.165, 1.54) is 0 Å². The minimum atomic E-state index is -0.528. The number of hydrogen-bond acceptors (Lipinski definition) is 8. The molecule has 0 aromatic heterocycles. The molecular weight excluding hydrogens is 410 g/mol. The SMILES string of the molecule is CC1=CC(C)=NCC1(C#N)SCCN1CCN(c2ccc(C#N)c3c2OCCO3)CC1. The number of dihydropyridines is 1. The number of anilines is 1. The van der Waals surface area contributed by atoms with Gasteiger partial charge in [-0.2, -0.15) is 10.5 Å². The number of thioether (sulfide) groups is 1. The van der Waals surface area contributed by atoms with Crippen LogP contribution in [-0.4, -0.2) is 73.6 Å². The van der Waals surface area contributed by atoms with Gasteiger partial charge < -0.3 is 14.4 Å². The molecule has 0 aliphatic carbocycles. The van der Waals surface area contributed by atoms with Crippen molar-refractivity contribution in [2.24, 2.45) is 4.99 Å². The maximum absolute atomic E-state index is 9.79. The molecule has 31 heavy (non-hydrogen) atoms. The molecule has 0 radical (unpaired) electrons. The highest BCUT2D eigenvalue weighted by Crippen LogP contribution is 2.42. The molecule has 0 amide bonds. The third-order valence-electron chi connectivity index (χ3n) is 6.05. The number of nitriles is 2. The van der Waals surface area contributed by atoms with Crippen LogP contribution in [0.25, 0.3) is 0 Å². The van der Waals surface area contributed by atoms with Crippen molar-refractivity contribution < 1.29 is 9.47 Å². The van der Waals surface area contributed by atoms with Crippen LogP contribution in [0.15, 0.2) is 28.8 Å². The van der Waals surface area contributed by atoms with Crippen molar-refractivity contribution in [3.05, 3.63) is 29.3 Å². The zero-order valence-corrected chi connectivity index (χ0v) is 18.9. The van der Waals surface area contributed by atoms with E-state index < -0.39 is 4.75 Å². The average molecular weight is 438 g/mol. The largest absolute Gasteiger partial charge is 0.485 e. The molecule has 3 heterocycles. The van der Waals surface area contributed by atoms with E-state index in [4.69, 9.17) is 9.47 Å². The predicted molar refractivity (Wildman–Crippen MR) is 123 cm³/mol. The Morgan fingerprint density at radius 2 is 1.84 bits per heavy atom. The molecule has 4 rings (SSSR count). The summed E-state index contributed by atoms with van der Waals surface area (Å²) in [7, 11) is 0. The van der Waals surface area contributed by atoms with Gasteiger partial charge in [0.1, 0.15) is 24.0 Å². The van der Waals surface area contributed by atoms with Crippen molar-refractivity contribution >= 4 is 23.2 Å². The van der Waals surface area contributed by atoms with Gasteiger partial charge in [0.05, 0.1) is 23.9 Å². The monoisotopic (exact) mass is 437 g/mol. The van der Waals surface area contributed by atoms with Gasteiger partial charge in [-0.1, -0.05) is 0 Å². The number of benzene rings is 1. The lowest BCUT2D eigenvalue weighted by Crippen LogP contribution is -2.47. The highest BCUT2D eigenvalue weighted by atomic mass is 32.2. The predicted octanol–water partition coefficient (Wildman–Crippen LogP) is 2.87. The summed E-state index contributed by atoms with van der Waals surface area (Å²) in [5.74, 6) is 2.16. The Labute approximate surface area is 187 Å². The summed E-state index contributed by atoms with van der Waals surface area (Å²) in [6, 6.07) is 8.48. The van der Waals surface area contributed by atoms with Crippen molar-refractivity contribution in [2.45, 2.75) is 18.6 Å². The molecule has 0 saturated carbocycles. The quantitative estimate of drug-likeness (QED) is 0.700. The van der Waals surface area contributed by atoms with Crippen LogP contribution in [-0.2, 0) is 0 Å². The Balaban J connectivity index is 1.33. The molecule has 3 aliphatic heterocycles. The van der Waals surface area contributed by atoms with Gasteiger partial charge in [-0.15, -0.1) is 11.8 Å². The highest BCUT2D eigenvalue weighted by Gasteiger charge is 2.35. The minimum Gasteiger partial charge on any atom is -0.485 e. The van der Waals surface area contributed by atoms with Gasteiger partial charge in [0.25, 0.3) is 0 Å². The molecule has 0 N–H and O–H groups in total. The minimum absolute atomic E-state index is 0.473. The summed E-state index contributed by atoms with van der Waals surface area (Å²) in [6.07, 6.45) is 2.03. The zero-order chi connectivity index (χ0) is 21.8. The second-order valence-corrected chi connectivity index (χ2v) is 9.39. The molecule has 7 nitrogen and oxygen atoms in total. The highest BCUT2D eigenvalue weighted by molar-refractivity contribution is 8.01. The second kappa shape index (κ2) is 9.21. The first-order valence-electron chi connectivity index (χ1n) is 10.6. The van der Waals surface area contributed by atoms with E-state index in [1.54, 1.807) is 11.8 Å². The van der Waals surface area contributed by atoms with Gasteiger partial charge in [-0.05, 0) is 37.6 Å². The van der Waals surface area contributed by atoms with E-state index in [0.29, 0.717) is 36.8 Å². The van der Waals surface area contributed by atoms with Crippen molar-refractivity contribution in [1.29, 1.82) is 10.5 Å². The summed E-state index contributed by atoms with van der Waals surface area (Å²) in [5, 5.41) is 19.1. The summed E-state index contributed by atoms with van der Waals surface area (Å²) in [4.78, 5) is 9.24. The molecule has 1 atom stereocenters. The molecule has 1 fully saturated rings. The zero-order valence-electron chi connectivity index (χ0n) is 18.1. The van der Waals surface area contributed by atoms with Crippen molar-refractivity contribution in [3.63, 3.8) is 0 Å². The molecule has 0 spiro atoms. The van der Waals surface area contributed by atoms with Crippen LogP contribution in [0.4, 0.5) is 5.69 Å². The molecule has 162 valence electrons. The van der Waals surface area contributed by atoms with Crippen molar-refractivity contribution in [2.75, 3.05) is 63.1 Å². The van der Waals surface area contributed by atoms with E-state index in [0.717, 1.165) is 55.4 Å². The number of rotatable bonds is 5. The van der Waals surface area contributed by atoms with Gasteiger partial charge in [0.15, 0.2) is 11.5 Å². The van der Waals surface area contributed by atoms with Crippen LogP contribution >= 0.6 is 11.8 Å². The fourth-order valence-corrected chi connectivity index (χ4v) is 5.38. The second-order valence-electron chi connectivity index (χ2n) is 8.00. The van der Waals surface area contributed by atoms with Gasteiger partial charge in [-0.3, -0.25) is 9.89 Å². The summed E-state index contributed by atoms with van der Waals surface area (Å²) in [5.41, 5.74) is 3.62. The van der Waals surface area contributed by atoms with Crippen LogP contribution in [0.3, 0.4) is 0 Å². The molecule has 1 aromatic rings. The summed E-state index contributed by atoms with van der Waals surface area (Å²) >= 11 is 1.71. The number of aliphatic imine (C=N–C) groups is 1. The average Bonchev–Trinajstić information content (AvgIpc) is 2.80. The topological polar surface area (TPSA) is 84.9 Å². The lowest BCUT2D eigenvalue weighted by Gasteiger charge is -2.38. The van der Waals surface area contributed by atoms with Gasteiger partial charge in [0.2, 0.25) is 0 Å². The van der Waals surface area contributed by atoms with Crippen molar-refractivity contribution in [1.82, 2.24) is 4.90 Å². The Morgan fingerprint density at radius 1 is 1.10 bits per heavy atom. The van der Waals surface area contributed by atoms with Gasteiger partial charge in [-0.25, -0.2) is 0 Å². The fourth-order valence-electron chi connectivity index (χ4n) is 4.17. The third kappa shape index (κ3) is 4.37. The maximum atomic E-state index is 9.79. The molecule has 0 bridgehead atoms. The van der Waals surface area contributed by atoms with Crippen LogP contribution in [0.5, 0.6) is 11.5 Å². The van der Waals surface area contributed by atoms with E-state index in [1.807, 2.05) is 32.1 Å². The standard InChI is InChI=1S/C23H27N5O2S/c1-17-13-18(2)26-16-23(17,15-25)31-12-9-27-5-7-28(8-6-27)20-4-3-19(14-24)21-22(20)30-11-10-29-21/h3-4,13H,5-12,16H2,1-2H3. The molecule has 8 heteroatoms. The van der Waals surface area contributed by atoms with Crippen LogP contribution < -0.4 is 14.4 Å². The molecule has 3 aliphatic rings. The number of piperazine rings is 1. The van der Waals surface area contributed by atoms with Gasteiger partial charge >= 0.3 is 0 Å². The Hall–Kier alpha value is -2.68.